The first-order valence-corrected chi connectivity index (χ1v) is 4.24. The molecule has 0 radical (unpaired) electrons. The van der Waals surface area contributed by atoms with E-state index in [1.807, 2.05) is 0 Å². The van der Waals surface area contributed by atoms with Gasteiger partial charge < -0.3 is 10.9 Å². The number of phenolic OH excluding ortho intramolecular Hbond substituents is 1. The molecule has 0 saturated heterocycles. The van der Waals surface area contributed by atoms with E-state index >= 15 is 0 Å². The van der Waals surface area contributed by atoms with Gasteiger partial charge >= 0.3 is 0 Å². The summed E-state index contributed by atoms with van der Waals surface area (Å²) in [5.74, 6) is 5.01. The lowest BCUT2D eigenvalue weighted by molar-refractivity contribution is 0.474. The lowest BCUT2D eigenvalue weighted by Gasteiger charge is -2.05. The molecule has 0 heterocycles. The predicted molar refractivity (Wildman–Crippen MR) is 54.5 cm³/mol. The molecule has 5 heteroatoms. The van der Waals surface area contributed by atoms with Gasteiger partial charge in [-0.15, -0.1) is 0 Å². The van der Waals surface area contributed by atoms with E-state index in [9.17, 15) is 5.11 Å². The minimum absolute atomic E-state index is 0.0576. The van der Waals surface area contributed by atoms with Crippen LogP contribution < -0.4 is 5.84 Å². The van der Waals surface area contributed by atoms with E-state index in [2.05, 4.69) is 5.10 Å². The van der Waals surface area contributed by atoms with Gasteiger partial charge in [0.15, 0.2) is 0 Å². The van der Waals surface area contributed by atoms with Crippen molar-refractivity contribution in [3.63, 3.8) is 0 Å². The number of hydrogen-bond acceptors (Lipinski definition) is 3. The van der Waals surface area contributed by atoms with Gasteiger partial charge in [0, 0.05) is 10.6 Å². The number of nitrogens with zero attached hydrogens (tertiary/aromatic N) is 1. The van der Waals surface area contributed by atoms with Gasteiger partial charge in [-0.1, -0.05) is 23.2 Å². The van der Waals surface area contributed by atoms with Gasteiger partial charge in [0.05, 0.1) is 10.7 Å². The number of phenols is 1. The van der Waals surface area contributed by atoms with Gasteiger partial charge in [-0.2, -0.15) is 5.10 Å². The Bertz CT molecular complexity index is 363. The van der Waals surface area contributed by atoms with Crippen LogP contribution in [0, 0.1) is 0 Å². The van der Waals surface area contributed by atoms with Crippen LogP contribution in [0.5, 0.6) is 5.75 Å². The third kappa shape index (κ3) is 2.05. The van der Waals surface area contributed by atoms with Crippen molar-refractivity contribution in [1.82, 2.24) is 0 Å². The van der Waals surface area contributed by atoms with Gasteiger partial charge in [-0.25, -0.2) is 0 Å². The summed E-state index contributed by atoms with van der Waals surface area (Å²) in [5.41, 5.74) is 0.918. The predicted octanol–water partition coefficient (Wildman–Crippen LogP) is 2.38. The number of rotatable bonds is 1. The zero-order valence-corrected chi connectivity index (χ0v) is 8.39. The Labute approximate surface area is 85.8 Å². The molecule has 70 valence electrons. The average Bonchev–Trinajstić information content (AvgIpc) is 2.10. The fraction of sp³-hybridized carbons (Fsp3) is 0.125. The molecule has 3 nitrogen and oxygen atoms in total. The van der Waals surface area contributed by atoms with Crippen LogP contribution in [-0.4, -0.2) is 10.8 Å². The molecule has 3 N–H and O–H groups in total. The quantitative estimate of drug-likeness (QED) is 0.432. The molecule has 0 saturated carbocycles. The van der Waals surface area contributed by atoms with Crippen molar-refractivity contribution in [2.75, 3.05) is 0 Å². The Morgan fingerprint density at radius 3 is 2.62 bits per heavy atom. The largest absolute Gasteiger partial charge is 0.506 e. The molecule has 13 heavy (non-hydrogen) atoms. The highest BCUT2D eigenvalue weighted by molar-refractivity contribution is 6.36. The summed E-state index contributed by atoms with van der Waals surface area (Å²) in [7, 11) is 0. The first kappa shape index (κ1) is 10.2. The van der Waals surface area contributed by atoms with E-state index in [1.54, 1.807) is 13.0 Å². The Kier molecular flexibility index (Phi) is 3.01. The number of halogens is 2. The second kappa shape index (κ2) is 3.85. The van der Waals surface area contributed by atoms with Crippen LogP contribution in [0.3, 0.4) is 0 Å². The number of nitrogens with two attached hydrogens (primary N) is 1. The third-order valence-electron chi connectivity index (χ3n) is 1.61. The maximum Gasteiger partial charge on any atom is 0.143 e. The lowest BCUT2D eigenvalue weighted by Crippen LogP contribution is -1.99. The van der Waals surface area contributed by atoms with E-state index in [1.165, 1.54) is 6.07 Å². The van der Waals surface area contributed by atoms with Crippen LogP contribution in [0.4, 0.5) is 0 Å². The van der Waals surface area contributed by atoms with Crippen molar-refractivity contribution in [2.45, 2.75) is 6.92 Å². The molecule has 0 aliphatic rings. The summed E-state index contributed by atoms with van der Waals surface area (Å²) < 4.78 is 0. The number of benzene rings is 1. The molecule has 0 aliphatic carbocycles. The van der Waals surface area contributed by atoms with Crippen molar-refractivity contribution in [3.8, 4) is 5.75 Å². The van der Waals surface area contributed by atoms with Crippen LogP contribution in [0.15, 0.2) is 17.2 Å². The second-order valence-corrected chi connectivity index (χ2v) is 3.34. The Balaban J connectivity index is 3.37. The topological polar surface area (TPSA) is 58.6 Å². The van der Waals surface area contributed by atoms with Crippen molar-refractivity contribution >= 4 is 28.9 Å². The standard InChI is InChI=1S/C8H8Cl2N2O/c1-4(12-11)6-2-5(9)3-7(10)8(6)13/h2-3,13H,11H2,1H3. The molecule has 0 aliphatic heterocycles. The molecule has 0 amide bonds. The molecule has 1 rings (SSSR count). The Morgan fingerprint density at radius 2 is 2.08 bits per heavy atom. The van der Waals surface area contributed by atoms with Crippen LogP contribution >= 0.6 is 23.2 Å². The number of hydrogen-bond donors (Lipinski definition) is 2. The van der Waals surface area contributed by atoms with Gasteiger partial charge in [-0.3, -0.25) is 0 Å². The Morgan fingerprint density at radius 1 is 1.46 bits per heavy atom. The molecule has 0 atom stereocenters. The van der Waals surface area contributed by atoms with Crippen LogP contribution in [-0.2, 0) is 0 Å². The van der Waals surface area contributed by atoms with E-state index < -0.39 is 0 Å². The molecular weight excluding hydrogens is 211 g/mol. The van der Waals surface area contributed by atoms with E-state index in [4.69, 9.17) is 29.0 Å². The molecule has 0 bridgehead atoms. The smallest absolute Gasteiger partial charge is 0.143 e. The summed E-state index contributed by atoms with van der Waals surface area (Å²) in [6.07, 6.45) is 0. The molecule has 0 fully saturated rings. The van der Waals surface area contributed by atoms with Crippen LogP contribution in [0.25, 0.3) is 0 Å². The molecule has 1 aromatic carbocycles. The Hall–Kier alpha value is -0.930. The molecule has 1 aromatic rings. The van der Waals surface area contributed by atoms with E-state index in [-0.39, 0.29) is 10.8 Å². The van der Waals surface area contributed by atoms with Crippen molar-refractivity contribution in [1.29, 1.82) is 0 Å². The zero-order valence-electron chi connectivity index (χ0n) is 6.88. The first-order valence-electron chi connectivity index (χ1n) is 3.49. The van der Waals surface area contributed by atoms with E-state index in [0.29, 0.717) is 16.3 Å². The van der Waals surface area contributed by atoms with Crippen molar-refractivity contribution < 1.29 is 5.11 Å². The van der Waals surface area contributed by atoms with Crippen molar-refractivity contribution in [2.24, 2.45) is 10.9 Å². The summed E-state index contributed by atoms with van der Waals surface area (Å²) in [5, 5.41) is 13.6. The summed E-state index contributed by atoms with van der Waals surface area (Å²) in [6.45, 7) is 1.65. The third-order valence-corrected chi connectivity index (χ3v) is 2.12. The van der Waals surface area contributed by atoms with Crippen molar-refractivity contribution in [3.05, 3.63) is 27.7 Å². The molecule has 0 aromatic heterocycles. The molecule has 0 unspecified atom stereocenters. The minimum atomic E-state index is -0.0576. The highest BCUT2D eigenvalue weighted by atomic mass is 35.5. The maximum atomic E-state index is 9.50. The number of hydrazone groups is 1. The fourth-order valence-corrected chi connectivity index (χ4v) is 1.40. The fourth-order valence-electron chi connectivity index (χ4n) is 0.911. The average molecular weight is 219 g/mol. The van der Waals surface area contributed by atoms with Gasteiger partial charge in [-0.05, 0) is 19.1 Å². The second-order valence-electron chi connectivity index (χ2n) is 2.50. The zero-order chi connectivity index (χ0) is 10.0. The number of aromatic hydroxyl groups is 1. The highest BCUT2D eigenvalue weighted by Crippen LogP contribution is 2.31. The van der Waals surface area contributed by atoms with Gasteiger partial charge in [0.1, 0.15) is 5.75 Å². The lowest BCUT2D eigenvalue weighted by atomic mass is 10.1. The highest BCUT2D eigenvalue weighted by Gasteiger charge is 2.09. The maximum absolute atomic E-state index is 9.50. The monoisotopic (exact) mass is 218 g/mol. The summed E-state index contributed by atoms with van der Waals surface area (Å²) >= 11 is 11.4. The summed E-state index contributed by atoms with van der Waals surface area (Å²) in [6, 6.07) is 3.00. The van der Waals surface area contributed by atoms with Gasteiger partial charge in [0.25, 0.3) is 0 Å². The molecular formula is C8H8Cl2N2O. The SMILES string of the molecule is CC(=NN)c1cc(Cl)cc(Cl)c1O. The summed E-state index contributed by atoms with van der Waals surface area (Å²) in [4.78, 5) is 0. The minimum Gasteiger partial charge on any atom is -0.506 e. The normalized spacial score (nSPS) is 11.8. The van der Waals surface area contributed by atoms with E-state index in [0.717, 1.165) is 0 Å². The molecule has 0 spiro atoms. The van der Waals surface area contributed by atoms with Crippen LogP contribution in [0.2, 0.25) is 10.0 Å². The first-order chi connectivity index (χ1) is 6.06. The van der Waals surface area contributed by atoms with Crippen LogP contribution in [0.1, 0.15) is 12.5 Å². The van der Waals surface area contributed by atoms with Gasteiger partial charge in [0.2, 0.25) is 0 Å².